The molecule has 0 aromatic rings. The molecule has 0 spiro atoms. The minimum Gasteiger partial charge on any atom is -0.274 e. The van der Waals surface area contributed by atoms with E-state index >= 15 is 0 Å². The topological polar surface area (TPSA) is 29.1 Å². The predicted molar refractivity (Wildman–Crippen MR) is 37.2 cm³/mol. The number of alkyl halides is 4. The Bertz CT molecular complexity index is 147. The van der Waals surface area contributed by atoms with Crippen LogP contribution in [0.15, 0.2) is 0 Å². The van der Waals surface area contributed by atoms with E-state index in [4.69, 9.17) is 0 Å². The number of nitrogens with one attached hydrogen (secondary N) is 1. The van der Waals surface area contributed by atoms with Crippen molar-refractivity contribution in [2.75, 3.05) is 0 Å². The van der Waals surface area contributed by atoms with Gasteiger partial charge in [0.2, 0.25) is 5.91 Å². The van der Waals surface area contributed by atoms with Gasteiger partial charge in [0.25, 0.3) is 0 Å². The summed E-state index contributed by atoms with van der Waals surface area (Å²) in [6.07, 6.45) is -4.31. The summed E-state index contributed by atoms with van der Waals surface area (Å²) in [6.45, 7) is 1.61. The molecule has 0 radical (unpaired) electrons. The van der Waals surface area contributed by atoms with E-state index in [1.807, 2.05) is 0 Å². The fourth-order valence-corrected chi connectivity index (χ4v) is 0.518. The number of carbonyl (C=O) groups excluding carboxylic acids is 1. The van der Waals surface area contributed by atoms with E-state index in [9.17, 15) is 18.0 Å². The number of rotatable bonds is 2. The molecule has 1 amide bonds. The Kier molecular flexibility index (Phi) is 3.85. The van der Waals surface area contributed by atoms with Crippen LogP contribution in [-0.4, -0.2) is 17.0 Å². The van der Waals surface area contributed by atoms with E-state index in [1.165, 1.54) is 0 Å². The van der Waals surface area contributed by atoms with Crippen LogP contribution in [0.2, 0.25) is 0 Å². The Morgan fingerprint density at radius 2 is 2.09 bits per heavy atom. The molecule has 0 aliphatic rings. The van der Waals surface area contributed by atoms with Crippen LogP contribution in [0.5, 0.6) is 0 Å². The van der Waals surface area contributed by atoms with Crippen molar-refractivity contribution in [3.05, 3.63) is 0 Å². The molecule has 0 rings (SSSR count). The first-order valence-corrected chi connectivity index (χ1v) is 3.81. The van der Waals surface area contributed by atoms with Gasteiger partial charge in [-0.1, -0.05) is 22.9 Å². The van der Waals surface area contributed by atoms with Crippen molar-refractivity contribution in [1.29, 1.82) is 0 Å². The van der Waals surface area contributed by atoms with Crippen LogP contribution in [0.4, 0.5) is 13.2 Å². The van der Waals surface area contributed by atoms with Crippen molar-refractivity contribution in [2.45, 2.75) is 24.5 Å². The molecule has 1 unspecified atom stereocenters. The van der Waals surface area contributed by atoms with Gasteiger partial charge in [0, 0.05) is 0 Å². The summed E-state index contributed by atoms with van der Waals surface area (Å²) in [7, 11) is 0. The van der Waals surface area contributed by atoms with Gasteiger partial charge in [-0.15, -0.1) is 0 Å². The zero-order valence-corrected chi connectivity index (χ0v) is 7.29. The standard InChI is InChI=1S/C5H7BrF3NO/c1-2-3(6)4(11)10-5(7,8)9/h3H,2H2,1H3,(H,10,11). The molecule has 0 saturated heterocycles. The quantitative estimate of drug-likeness (QED) is 0.572. The Hall–Kier alpha value is -0.260. The van der Waals surface area contributed by atoms with E-state index < -0.39 is 17.0 Å². The van der Waals surface area contributed by atoms with Crippen LogP contribution in [0.25, 0.3) is 0 Å². The molecule has 11 heavy (non-hydrogen) atoms. The molecule has 0 aliphatic heterocycles. The lowest BCUT2D eigenvalue weighted by atomic mass is 10.3. The smallest absolute Gasteiger partial charge is 0.274 e. The maximum Gasteiger partial charge on any atom is 0.484 e. The second-order valence-corrected chi connectivity index (χ2v) is 2.97. The van der Waals surface area contributed by atoms with Gasteiger partial charge in [-0.25, -0.2) is 0 Å². The molecule has 0 heterocycles. The van der Waals surface area contributed by atoms with Crippen molar-refractivity contribution >= 4 is 21.8 Å². The lowest BCUT2D eigenvalue weighted by molar-refractivity contribution is -0.169. The fourth-order valence-electron chi connectivity index (χ4n) is 0.403. The zero-order valence-electron chi connectivity index (χ0n) is 5.70. The van der Waals surface area contributed by atoms with Crippen LogP contribution in [-0.2, 0) is 4.79 Å². The molecule has 6 heteroatoms. The molecule has 1 atom stereocenters. The molecule has 1 N–H and O–H groups in total. The highest BCUT2D eigenvalue weighted by Gasteiger charge is 2.31. The van der Waals surface area contributed by atoms with E-state index in [1.54, 1.807) is 6.92 Å². The summed E-state index contributed by atoms with van der Waals surface area (Å²) in [6, 6.07) is 0. The van der Waals surface area contributed by atoms with Gasteiger partial charge < -0.3 is 0 Å². The van der Waals surface area contributed by atoms with Crippen LogP contribution in [0.3, 0.4) is 0 Å². The van der Waals surface area contributed by atoms with Crippen LogP contribution in [0.1, 0.15) is 13.3 Å². The van der Waals surface area contributed by atoms with Crippen molar-refractivity contribution in [1.82, 2.24) is 5.32 Å². The maximum absolute atomic E-state index is 11.4. The van der Waals surface area contributed by atoms with E-state index in [0.29, 0.717) is 6.42 Å². The lowest BCUT2D eigenvalue weighted by Gasteiger charge is -2.10. The first-order chi connectivity index (χ1) is 4.87. The van der Waals surface area contributed by atoms with Gasteiger partial charge >= 0.3 is 6.30 Å². The Balaban J connectivity index is 3.88. The van der Waals surface area contributed by atoms with Crippen molar-refractivity contribution in [3.63, 3.8) is 0 Å². The van der Waals surface area contributed by atoms with E-state index in [0.717, 1.165) is 5.32 Å². The fraction of sp³-hybridized carbons (Fsp3) is 0.800. The first-order valence-electron chi connectivity index (χ1n) is 2.89. The lowest BCUT2D eigenvalue weighted by Crippen LogP contribution is -2.41. The van der Waals surface area contributed by atoms with Crippen molar-refractivity contribution in [2.24, 2.45) is 0 Å². The van der Waals surface area contributed by atoms with Gasteiger partial charge in [-0.05, 0) is 6.42 Å². The number of hydrogen-bond acceptors (Lipinski definition) is 1. The van der Waals surface area contributed by atoms with Gasteiger partial charge in [-0.2, -0.15) is 13.2 Å². The summed E-state index contributed by atoms with van der Waals surface area (Å²) in [5.74, 6) is -1.06. The third kappa shape index (κ3) is 5.06. The molecule has 66 valence electrons. The first kappa shape index (κ1) is 10.7. The molecule has 2 nitrogen and oxygen atoms in total. The number of amides is 1. The minimum absolute atomic E-state index is 0.321. The summed E-state index contributed by atoms with van der Waals surface area (Å²) in [4.78, 5) is 9.74. The molecule has 0 aromatic heterocycles. The highest BCUT2D eigenvalue weighted by Crippen LogP contribution is 2.12. The maximum atomic E-state index is 11.4. The second-order valence-electron chi connectivity index (χ2n) is 1.86. The Morgan fingerprint density at radius 3 is 2.36 bits per heavy atom. The minimum atomic E-state index is -4.63. The summed E-state index contributed by atoms with van der Waals surface area (Å²) < 4.78 is 34.3. The SMILES string of the molecule is CCC(Br)C(=O)NC(F)(F)F. The van der Waals surface area contributed by atoms with Crippen molar-refractivity contribution in [3.8, 4) is 0 Å². The number of hydrogen-bond donors (Lipinski definition) is 1. The highest BCUT2D eigenvalue weighted by atomic mass is 79.9. The average molecular weight is 234 g/mol. The predicted octanol–water partition coefficient (Wildman–Crippen LogP) is 1.80. The molecular weight excluding hydrogens is 227 g/mol. The van der Waals surface area contributed by atoms with Gasteiger partial charge in [0.1, 0.15) is 0 Å². The van der Waals surface area contributed by atoms with Crippen LogP contribution >= 0.6 is 15.9 Å². The highest BCUT2D eigenvalue weighted by molar-refractivity contribution is 9.10. The number of halogens is 4. The molecule has 0 aromatic carbocycles. The molecule has 0 bridgehead atoms. The zero-order chi connectivity index (χ0) is 9.07. The van der Waals surface area contributed by atoms with Crippen LogP contribution < -0.4 is 5.32 Å². The normalized spacial score (nSPS) is 14.3. The largest absolute Gasteiger partial charge is 0.484 e. The van der Waals surface area contributed by atoms with Gasteiger partial charge in [0.15, 0.2) is 0 Å². The van der Waals surface area contributed by atoms with E-state index in [2.05, 4.69) is 15.9 Å². The Morgan fingerprint density at radius 1 is 1.64 bits per heavy atom. The van der Waals surface area contributed by atoms with Crippen molar-refractivity contribution < 1.29 is 18.0 Å². The summed E-state index contributed by atoms with van der Waals surface area (Å²) in [5.41, 5.74) is 0. The number of carbonyl (C=O) groups is 1. The van der Waals surface area contributed by atoms with E-state index in [-0.39, 0.29) is 0 Å². The van der Waals surface area contributed by atoms with Gasteiger partial charge in [0.05, 0.1) is 4.83 Å². The monoisotopic (exact) mass is 233 g/mol. The molecular formula is C5H7BrF3NO. The Labute approximate surface area is 70.3 Å². The third-order valence-corrected chi connectivity index (χ3v) is 1.97. The summed E-state index contributed by atoms with van der Waals surface area (Å²) >= 11 is 2.78. The molecule has 0 aliphatic carbocycles. The third-order valence-electron chi connectivity index (χ3n) is 0.908. The average Bonchev–Trinajstić information content (AvgIpc) is 1.82. The molecule has 0 saturated carbocycles. The second kappa shape index (κ2) is 3.94. The summed E-state index contributed by atoms with van der Waals surface area (Å²) in [5, 5.41) is 0.884. The molecule has 0 fully saturated rings. The van der Waals surface area contributed by atoms with Gasteiger partial charge in [-0.3, -0.25) is 10.1 Å². The van der Waals surface area contributed by atoms with Crippen LogP contribution in [0, 0.1) is 0 Å².